The molecule has 3 amide bonds. The molecule has 1 aromatic carbocycles. The lowest BCUT2D eigenvalue weighted by molar-refractivity contribution is -0.135. The minimum atomic E-state index is -0.319. The van der Waals surface area contributed by atoms with Crippen molar-refractivity contribution < 1.29 is 18.8 Å². The summed E-state index contributed by atoms with van der Waals surface area (Å²) in [5, 5.41) is 6.54. The lowest BCUT2D eigenvalue weighted by Gasteiger charge is -2.34. The van der Waals surface area contributed by atoms with Gasteiger partial charge < -0.3 is 24.4 Å². The molecule has 150 valence electrons. The molecule has 0 bridgehead atoms. The Morgan fingerprint density at radius 1 is 1.36 bits per heavy atom. The average molecular weight is 387 g/mol. The second-order valence-corrected chi connectivity index (χ2v) is 6.73. The minimum absolute atomic E-state index is 0.0561. The summed E-state index contributed by atoms with van der Waals surface area (Å²) < 4.78 is 10.0. The molecule has 3 rings (SSSR count). The third kappa shape index (κ3) is 5.29. The average Bonchev–Trinajstić information content (AvgIpc) is 3.14. The number of aromatic nitrogens is 2. The smallest absolute Gasteiger partial charge is 0.318 e. The van der Waals surface area contributed by atoms with Crippen LogP contribution in [0.5, 0.6) is 0 Å². The number of hydrogen-bond acceptors (Lipinski definition) is 6. The van der Waals surface area contributed by atoms with E-state index in [4.69, 9.17) is 9.26 Å². The molecule has 0 radical (unpaired) electrons. The van der Waals surface area contributed by atoms with Crippen molar-refractivity contribution >= 4 is 11.9 Å². The molecule has 9 nitrogen and oxygen atoms in total. The normalized spacial score (nSPS) is 14.4. The summed E-state index contributed by atoms with van der Waals surface area (Å²) in [7, 11) is 1.60. The van der Waals surface area contributed by atoms with Crippen LogP contribution in [-0.4, -0.2) is 65.2 Å². The fourth-order valence-electron chi connectivity index (χ4n) is 3.00. The van der Waals surface area contributed by atoms with Crippen molar-refractivity contribution in [3.8, 4) is 0 Å². The highest BCUT2D eigenvalue weighted by Gasteiger charge is 2.27. The van der Waals surface area contributed by atoms with E-state index < -0.39 is 0 Å². The lowest BCUT2D eigenvalue weighted by atomic mass is 10.1. The van der Waals surface area contributed by atoms with Crippen LogP contribution in [0.4, 0.5) is 4.79 Å². The number of rotatable bonds is 7. The van der Waals surface area contributed by atoms with Gasteiger partial charge in [-0.15, -0.1) is 0 Å². The molecular formula is C19H25N5O4. The number of piperazine rings is 1. The van der Waals surface area contributed by atoms with Crippen LogP contribution in [0.3, 0.4) is 0 Å². The summed E-state index contributed by atoms with van der Waals surface area (Å²) in [6.45, 7) is 4.24. The van der Waals surface area contributed by atoms with E-state index in [1.165, 1.54) is 4.90 Å². The molecule has 1 aliphatic rings. The molecule has 0 unspecified atom stereocenters. The van der Waals surface area contributed by atoms with Crippen LogP contribution < -0.4 is 5.32 Å². The highest BCUT2D eigenvalue weighted by Crippen LogP contribution is 2.11. The van der Waals surface area contributed by atoms with Gasteiger partial charge in [-0.1, -0.05) is 35.0 Å². The highest BCUT2D eigenvalue weighted by molar-refractivity contribution is 5.85. The van der Waals surface area contributed by atoms with Crippen LogP contribution in [0, 0.1) is 6.92 Å². The van der Waals surface area contributed by atoms with Crippen molar-refractivity contribution in [3.05, 3.63) is 47.1 Å². The zero-order valence-electron chi connectivity index (χ0n) is 16.2. The zero-order valence-corrected chi connectivity index (χ0v) is 16.2. The van der Waals surface area contributed by atoms with Gasteiger partial charge >= 0.3 is 6.03 Å². The van der Waals surface area contributed by atoms with E-state index in [-0.39, 0.29) is 25.0 Å². The summed E-state index contributed by atoms with van der Waals surface area (Å²) in [5.74, 6) is 0.789. The standard InChI is InChI=1S/C19H25N5O4/c1-14-4-3-5-15(10-14)12-23-7-8-24(13-18(23)25)19(26)20-11-17-21-16(22-28-17)6-9-27-2/h3-5,10H,6-9,11-13H2,1-2H3,(H,20,26). The summed E-state index contributed by atoms with van der Waals surface area (Å²) in [4.78, 5) is 32.2. The maximum Gasteiger partial charge on any atom is 0.318 e. The first-order chi connectivity index (χ1) is 13.5. The fraction of sp³-hybridized carbons (Fsp3) is 0.474. The van der Waals surface area contributed by atoms with Crippen molar-refractivity contribution in [3.63, 3.8) is 0 Å². The van der Waals surface area contributed by atoms with Crippen LogP contribution in [0.2, 0.25) is 0 Å². The molecule has 0 aliphatic carbocycles. The van der Waals surface area contributed by atoms with Gasteiger partial charge in [0.1, 0.15) is 6.54 Å². The SMILES string of the molecule is COCCc1noc(CNC(=O)N2CCN(Cc3cccc(C)c3)C(=O)C2)n1. The molecule has 2 aromatic rings. The fourth-order valence-corrected chi connectivity index (χ4v) is 3.00. The Kier molecular flexibility index (Phi) is 6.59. The minimum Gasteiger partial charge on any atom is -0.384 e. The Morgan fingerprint density at radius 3 is 2.96 bits per heavy atom. The number of methoxy groups -OCH3 is 1. The van der Waals surface area contributed by atoms with Gasteiger partial charge in [0.15, 0.2) is 5.82 Å². The lowest BCUT2D eigenvalue weighted by Crippen LogP contribution is -2.54. The predicted molar refractivity (Wildman–Crippen MR) is 100 cm³/mol. The quantitative estimate of drug-likeness (QED) is 0.764. The Morgan fingerprint density at radius 2 is 2.21 bits per heavy atom. The topological polar surface area (TPSA) is 101 Å². The van der Waals surface area contributed by atoms with E-state index in [1.54, 1.807) is 12.0 Å². The molecule has 1 fully saturated rings. The molecule has 28 heavy (non-hydrogen) atoms. The summed E-state index contributed by atoms with van der Waals surface area (Å²) in [6, 6.07) is 7.76. The van der Waals surface area contributed by atoms with E-state index in [2.05, 4.69) is 21.5 Å². The second kappa shape index (κ2) is 9.32. The molecule has 1 aromatic heterocycles. The van der Waals surface area contributed by atoms with Crippen LogP contribution in [0.15, 0.2) is 28.8 Å². The van der Waals surface area contributed by atoms with Crippen molar-refractivity contribution in [1.29, 1.82) is 0 Å². The van der Waals surface area contributed by atoms with Crippen LogP contribution in [0.25, 0.3) is 0 Å². The maximum absolute atomic E-state index is 12.4. The number of hydrogen-bond donors (Lipinski definition) is 1. The summed E-state index contributed by atoms with van der Waals surface area (Å²) in [6.07, 6.45) is 0.547. The van der Waals surface area contributed by atoms with Gasteiger partial charge in [-0.25, -0.2) is 4.79 Å². The Balaban J connectivity index is 1.46. The van der Waals surface area contributed by atoms with Crippen molar-refractivity contribution in [2.75, 3.05) is 33.4 Å². The molecule has 2 heterocycles. The largest absolute Gasteiger partial charge is 0.384 e. The molecule has 1 saturated heterocycles. The monoisotopic (exact) mass is 387 g/mol. The van der Waals surface area contributed by atoms with Gasteiger partial charge in [0.2, 0.25) is 11.8 Å². The van der Waals surface area contributed by atoms with E-state index in [0.717, 1.165) is 11.1 Å². The third-order valence-corrected chi connectivity index (χ3v) is 4.49. The first-order valence-corrected chi connectivity index (χ1v) is 9.21. The number of benzene rings is 1. The Hall–Kier alpha value is -2.94. The number of nitrogens with one attached hydrogen (secondary N) is 1. The van der Waals surface area contributed by atoms with Gasteiger partial charge in [-0.2, -0.15) is 4.98 Å². The first-order valence-electron chi connectivity index (χ1n) is 9.21. The predicted octanol–water partition coefficient (Wildman–Crippen LogP) is 1.12. The van der Waals surface area contributed by atoms with Gasteiger partial charge in [0, 0.05) is 33.2 Å². The number of carbonyl (C=O) groups excluding carboxylic acids is 2. The molecule has 9 heteroatoms. The van der Waals surface area contributed by atoms with Crippen LogP contribution in [0.1, 0.15) is 22.8 Å². The third-order valence-electron chi connectivity index (χ3n) is 4.49. The Labute approximate surface area is 163 Å². The van der Waals surface area contributed by atoms with Crippen LogP contribution >= 0.6 is 0 Å². The van der Waals surface area contributed by atoms with E-state index in [0.29, 0.717) is 44.4 Å². The second-order valence-electron chi connectivity index (χ2n) is 6.73. The molecule has 0 spiro atoms. The number of carbonyl (C=O) groups is 2. The maximum atomic E-state index is 12.4. The molecule has 0 saturated carbocycles. The number of urea groups is 1. The number of aryl methyl sites for hydroxylation is 1. The van der Waals surface area contributed by atoms with Gasteiger partial charge in [0.25, 0.3) is 0 Å². The zero-order chi connectivity index (χ0) is 19.9. The van der Waals surface area contributed by atoms with Crippen molar-refractivity contribution in [2.45, 2.75) is 26.4 Å². The number of ether oxygens (including phenoxy) is 1. The van der Waals surface area contributed by atoms with E-state index >= 15 is 0 Å². The molecule has 1 aliphatic heterocycles. The Bertz CT molecular complexity index is 822. The van der Waals surface area contributed by atoms with Gasteiger partial charge in [-0.3, -0.25) is 4.79 Å². The summed E-state index contributed by atoms with van der Waals surface area (Å²) in [5.41, 5.74) is 2.25. The highest BCUT2D eigenvalue weighted by atomic mass is 16.5. The molecule has 0 atom stereocenters. The number of amides is 3. The van der Waals surface area contributed by atoms with Crippen LogP contribution in [-0.2, 0) is 29.0 Å². The molecule has 1 N–H and O–H groups in total. The van der Waals surface area contributed by atoms with Gasteiger partial charge in [-0.05, 0) is 12.5 Å². The van der Waals surface area contributed by atoms with Gasteiger partial charge in [0.05, 0.1) is 13.2 Å². The first kappa shape index (κ1) is 19.8. The van der Waals surface area contributed by atoms with E-state index in [9.17, 15) is 9.59 Å². The molecular weight excluding hydrogens is 362 g/mol. The van der Waals surface area contributed by atoms with E-state index in [1.807, 2.05) is 25.1 Å². The number of nitrogens with zero attached hydrogens (tertiary/aromatic N) is 4. The summed E-state index contributed by atoms with van der Waals surface area (Å²) >= 11 is 0. The van der Waals surface area contributed by atoms with Crippen molar-refractivity contribution in [2.24, 2.45) is 0 Å². The van der Waals surface area contributed by atoms with Crippen molar-refractivity contribution in [1.82, 2.24) is 25.3 Å².